The summed E-state index contributed by atoms with van der Waals surface area (Å²) in [7, 11) is 1.57. The van der Waals surface area contributed by atoms with Gasteiger partial charge in [0.05, 0.1) is 18.4 Å². The lowest BCUT2D eigenvalue weighted by atomic mass is 10.1. The van der Waals surface area contributed by atoms with E-state index in [-0.39, 0.29) is 11.9 Å². The zero-order valence-corrected chi connectivity index (χ0v) is 16.1. The van der Waals surface area contributed by atoms with Crippen molar-refractivity contribution < 1.29 is 18.8 Å². The van der Waals surface area contributed by atoms with Crippen molar-refractivity contribution in [3.8, 4) is 11.5 Å². The van der Waals surface area contributed by atoms with Gasteiger partial charge in [-0.05, 0) is 56.4 Å². The largest absolute Gasteiger partial charge is 0.493 e. The molecule has 0 atom stereocenters. The molecule has 0 bridgehead atoms. The van der Waals surface area contributed by atoms with Gasteiger partial charge in [-0.1, -0.05) is 5.16 Å². The summed E-state index contributed by atoms with van der Waals surface area (Å²) in [5.41, 5.74) is 2.30. The van der Waals surface area contributed by atoms with Gasteiger partial charge in [0.1, 0.15) is 12.4 Å². The highest BCUT2D eigenvalue weighted by Gasteiger charge is 2.18. The van der Waals surface area contributed by atoms with Crippen molar-refractivity contribution in [3.63, 3.8) is 0 Å². The van der Waals surface area contributed by atoms with E-state index >= 15 is 0 Å². The first-order valence-corrected chi connectivity index (χ1v) is 9.85. The second-order valence-corrected chi connectivity index (χ2v) is 7.54. The van der Waals surface area contributed by atoms with E-state index in [1.165, 1.54) is 0 Å². The number of hydrogen-bond acceptors (Lipinski definition) is 6. The van der Waals surface area contributed by atoms with Gasteiger partial charge in [-0.2, -0.15) is 11.8 Å². The van der Waals surface area contributed by atoms with E-state index < -0.39 is 0 Å². The fourth-order valence-corrected chi connectivity index (χ4v) is 4.00. The molecule has 3 rings (SSSR count). The van der Waals surface area contributed by atoms with E-state index in [4.69, 9.17) is 14.0 Å². The summed E-state index contributed by atoms with van der Waals surface area (Å²) in [5.74, 6) is 3.98. The van der Waals surface area contributed by atoms with Gasteiger partial charge < -0.3 is 19.3 Å². The minimum atomic E-state index is -0.0718. The third kappa shape index (κ3) is 4.33. The Labute approximate surface area is 157 Å². The topological polar surface area (TPSA) is 73.6 Å². The molecule has 1 N–H and O–H groups in total. The van der Waals surface area contributed by atoms with E-state index in [9.17, 15) is 4.79 Å². The van der Waals surface area contributed by atoms with E-state index in [0.717, 1.165) is 41.4 Å². The summed E-state index contributed by atoms with van der Waals surface area (Å²) < 4.78 is 16.4. The van der Waals surface area contributed by atoms with Crippen molar-refractivity contribution in [2.75, 3.05) is 18.6 Å². The third-order valence-electron chi connectivity index (χ3n) is 4.54. The number of carbonyl (C=O) groups excluding carboxylic acids is 1. The molecule has 6 nitrogen and oxygen atoms in total. The van der Waals surface area contributed by atoms with Crippen molar-refractivity contribution in [2.45, 2.75) is 39.3 Å². The molecule has 140 valence electrons. The second-order valence-electron chi connectivity index (χ2n) is 6.32. The Morgan fingerprint density at radius 2 is 2.08 bits per heavy atom. The Bertz CT molecular complexity index is 749. The van der Waals surface area contributed by atoms with Crippen LogP contribution >= 0.6 is 11.8 Å². The maximum absolute atomic E-state index is 12.5. The normalized spacial score (nSPS) is 14.9. The SMILES string of the molecule is COc1cc(C(=O)NC2CCSCC2)ccc1OCc1c(C)noc1C. The number of methoxy groups -OCH3 is 1. The lowest BCUT2D eigenvalue weighted by Crippen LogP contribution is -2.37. The first kappa shape index (κ1) is 18.6. The van der Waals surface area contributed by atoms with Gasteiger partial charge in [-0.3, -0.25) is 4.79 Å². The lowest BCUT2D eigenvalue weighted by Gasteiger charge is -2.22. The molecular weight excluding hydrogens is 352 g/mol. The zero-order valence-electron chi connectivity index (χ0n) is 15.3. The van der Waals surface area contributed by atoms with Crippen LogP contribution in [-0.2, 0) is 6.61 Å². The average molecular weight is 376 g/mol. The standard InChI is InChI=1S/C19H24N2O4S/c1-12-16(13(2)25-21-12)11-24-17-5-4-14(10-18(17)23-3)19(22)20-15-6-8-26-9-7-15/h4-5,10,15H,6-9,11H2,1-3H3,(H,20,22). The molecule has 0 radical (unpaired) electrons. The van der Waals surface area contributed by atoms with Crippen LogP contribution in [0.2, 0.25) is 0 Å². The van der Waals surface area contributed by atoms with E-state index in [0.29, 0.717) is 23.7 Å². The van der Waals surface area contributed by atoms with E-state index in [1.54, 1.807) is 25.3 Å². The van der Waals surface area contributed by atoms with Crippen molar-refractivity contribution in [3.05, 3.63) is 40.8 Å². The Kier molecular flexibility index (Phi) is 6.08. The zero-order chi connectivity index (χ0) is 18.5. The highest BCUT2D eigenvalue weighted by Crippen LogP contribution is 2.29. The number of benzene rings is 1. The Balaban J connectivity index is 1.67. The molecule has 7 heteroatoms. The molecule has 1 aromatic carbocycles. The number of carbonyl (C=O) groups is 1. The van der Waals surface area contributed by atoms with Gasteiger partial charge in [0.2, 0.25) is 0 Å². The van der Waals surface area contributed by atoms with Crippen LogP contribution < -0.4 is 14.8 Å². The Morgan fingerprint density at radius 1 is 1.31 bits per heavy atom. The van der Waals surface area contributed by atoms with Crippen LogP contribution in [0.3, 0.4) is 0 Å². The molecule has 0 spiro atoms. The molecule has 2 heterocycles. The number of aryl methyl sites for hydroxylation is 2. The molecule has 1 saturated heterocycles. The molecule has 2 aromatic rings. The summed E-state index contributed by atoms with van der Waals surface area (Å²) in [5, 5.41) is 7.03. The number of amides is 1. The molecular formula is C19H24N2O4S. The predicted molar refractivity (Wildman–Crippen MR) is 101 cm³/mol. The Hall–Kier alpha value is -2.15. The van der Waals surface area contributed by atoms with Crippen LogP contribution in [0.25, 0.3) is 0 Å². The number of ether oxygens (including phenoxy) is 2. The van der Waals surface area contributed by atoms with Crippen molar-refractivity contribution in [1.29, 1.82) is 0 Å². The predicted octanol–water partition coefficient (Wildman–Crippen LogP) is 3.50. The molecule has 1 aliphatic rings. The van der Waals surface area contributed by atoms with Crippen LogP contribution in [-0.4, -0.2) is 35.7 Å². The summed E-state index contributed by atoms with van der Waals surface area (Å²) in [6, 6.07) is 5.50. The van der Waals surface area contributed by atoms with Crippen LogP contribution in [0.15, 0.2) is 22.7 Å². The lowest BCUT2D eigenvalue weighted by molar-refractivity contribution is 0.0934. The van der Waals surface area contributed by atoms with Gasteiger partial charge >= 0.3 is 0 Å². The van der Waals surface area contributed by atoms with Crippen LogP contribution in [0, 0.1) is 13.8 Å². The molecule has 0 aliphatic carbocycles. The number of nitrogens with one attached hydrogen (secondary N) is 1. The van der Waals surface area contributed by atoms with Gasteiger partial charge in [-0.15, -0.1) is 0 Å². The first-order chi connectivity index (χ1) is 12.6. The molecule has 0 unspecified atom stereocenters. The minimum absolute atomic E-state index is 0.0718. The second kappa shape index (κ2) is 8.49. The van der Waals surface area contributed by atoms with Crippen LogP contribution in [0.1, 0.15) is 40.2 Å². The van der Waals surface area contributed by atoms with Crippen LogP contribution in [0.4, 0.5) is 0 Å². The number of hydrogen-bond donors (Lipinski definition) is 1. The summed E-state index contributed by atoms with van der Waals surface area (Å²) in [6.45, 7) is 4.07. The van der Waals surface area contributed by atoms with Gasteiger partial charge in [-0.25, -0.2) is 0 Å². The van der Waals surface area contributed by atoms with Crippen molar-refractivity contribution in [2.24, 2.45) is 0 Å². The maximum atomic E-state index is 12.5. The molecule has 1 aliphatic heterocycles. The minimum Gasteiger partial charge on any atom is -0.493 e. The van der Waals surface area contributed by atoms with Crippen LogP contribution in [0.5, 0.6) is 11.5 Å². The average Bonchev–Trinajstić information content (AvgIpc) is 2.98. The monoisotopic (exact) mass is 376 g/mol. The fraction of sp³-hybridized carbons (Fsp3) is 0.474. The Morgan fingerprint density at radius 3 is 2.73 bits per heavy atom. The van der Waals surface area contributed by atoms with Gasteiger partial charge in [0.25, 0.3) is 5.91 Å². The third-order valence-corrected chi connectivity index (χ3v) is 5.58. The molecule has 26 heavy (non-hydrogen) atoms. The van der Waals surface area contributed by atoms with Crippen molar-refractivity contribution >= 4 is 17.7 Å². The summed E-state index contributed by atoms with van der Waals surface area (Å²) in [6.07, 6.45) is 2.04. The van der Waals surface area contributed by atoms with Crippen molar-refractivity contribution in [1.82, 2.24) is 10.5 Å². The maximum Gasteiger partial charge on any atom is 0.251 e. The van der Waals surface area contributed by atoms with E-state index in [1.807, 2.05) is 25.6 Å². The van der Waals surface area contributed by atoms with E-state index in [2.05, 4.69) is 10.5 Å². The number of rotatable bonds is 6. The quantitative estimate of drug-likeness (QED) is 0.832. The molecule has 1 fully saturated rings. The van der Waals surface area contributed by atoms with Gasteiger partial charge in [0, 0.05) is 11.6 Å². The first-order valence-electron chi connectivity index (χ1n) is 8.69. The molecule has 0 saturated carbocycles. The number of thioether (sulfide) groups is 1. The number of aromatic nitrogens is 1. The number of nitrogens with zero attached hydrogens (tertiary/aromatic N) is 1. The van der Waals surface area contributed by atoms with Gasteiger partial charge in [0.15, 0.2) is 11.5 Å². The summed E-state index contributed by atoms with van der Waals surface area (Å²) in [4.78, 5) is 12.5. The molecule has 1 amide bonds. The fourth-order valence-electron chi connectivity index (χ4n) is 2.90. The highest BCUT2D eigenvalue weighted by molar-refractivity contribution is 7.99. The highest BCUT2D eigenvalue weighted by atomic mass is 32.2. The summed E-state index contributed by atoms with van der Waals surface area (Å²) >= 11 is 1.94. The smallest absolute Gasteiger partial charge is 0.251 e. The molecule has 1 aromatic heterocycles.